The van der Waals surface area contributed by atoms with Crippen LogP contribution in [0.15, 0.2) is 18.3 Å². The molecule has 8 heteroatoms. The molecule has 4 aliphatic rings. The van der Waals surface area contributed by atoms with Gasteiger partial charge in [0.15, 0.2) is 11.5 Å². The molecule has 3 aromatic heterocycles. The van der Waals surface area contributed by atoms with Gasteiger partial charge >= 0.3 is 5.97 Å². The van der Waals surface area contributed by atoms with Gasteiger partial charge in [0.05, 0.1) is 16.3 Å². The lowest BCUT2D eigenvalue weighted by Crippen LogP contribution is -2.45. The molecular formula is C23H24ClN5O2. The van der Waals surface area contributed by atoms with Crippen LogP contribution in [0, 0.1) is 23.7 Å². The number of carbonyl (C=O) groups is 1. The van der Waals surface area contributed by atoms with Crippen LogP contribution < -0.4 is 0 Å². The Morgan fingerprint density at radius 1 is 1.10 bits per heavy atom. The first-order valence-electron chi connectivity index (χ1n) is 11.2. The van der Waals surface area contributed by atoms with E-state index in [1.54, 1.807) is 6.20 Å². The van der Waals surface area contributed by atoms with Crippen LogP contribution in [0.4, 0.5) is 0 Å². The second-order valence-electron chi connectivity index (χ2n) is 9.41. The molecule has 0 radical (unpaired) electrons. The van der Waals surface area contributed by atoms with E-state index in [9.17, 15) is 9.90 Å². The summed E-state index contributed by atoms with van der Waals surface area (Å²) in [6.07, 6.45) is 8.92. The Labute approximate surface area is 184 Å². The summed E-state index contributed by atoms with van der Waals surface area (Å²) in [7, 11) is 0. The number of carboxylic acids is 1. The van der Waals surface area contributed by atoms with Gasteiger partial charge in [-0.1, -0.05) is 11.6 Å². The standard InChI is InChI=1S/C23H24ClN5O2/c24-14-7-17-20(28-29-21(17)25-10-14)22-26-15(9-18(27-22)12-3-4-12)8-16-11-1-5-13(6-2-11)19(16)23(30)31/h7,9-13,16,19H,1-6,8H2,(H,30,31)(H,25,28,29). The van der Waals surface area contributed by atoms with Crippen molar-refractivity contribution < 1.29 is 9.90 Å². The van der Waals surface area contributed by atoms with Crippen LogP contribution in [0.5, 0.6) is 0 Å². The van der Waals surface area contributed by atoms with Crippen LogP contribution in [0.25, 0.3) is 22.6 Å². The Kier molecular flexibility index (Phi) is 4.49. The minimum atomic E-state index is -0.642. The van der Waals surface area contributed by atoms with Crippen LogP contribution in [0.2, 0.25) is 5.02 Å². The van der Waals surface area contributed by atoms with Crippen molar-refractivity contribution in [1.82, 2.24) is 25.1 Å². The summed E-state index contributed by atoms with van der Waals surface area (Å²) in [5.74, 6) is 1.09. The predicted molar refractivity (Wildman–Crippen MR) is 116 cm³/mol. The molecule has 4 aliphatic carbocycles. The zero-order valence-electron chi connectivity index (χ0n) is 17.1. The first-order valence-corrected chi connectivity index (χ1v) is 11.6. The summed E-state index contributed by atoms with van der Waals surface area (Å²) in [6, 6.07) is 3.93. The lowest BCUT2D eigenvalue weighted by Gasteiger charge is -2.46. The van der Waals surface area contributed by atoms with Crippen LogP contribution in [-0.2, 0) is 11.2 Å². The fourth-order valence-corrected chi connectivity index (χ4v) is 6.02. The molecule has 2 unspecified atom stereocenters. The Bertz CT molecular complexity index is 1170. The summed E-state index contributed by atoms with van der Waals surface area (Å²) < 4.78 is 0. The highest BCUT2D eigenvalue weighted by atomic mass is 35.5. The number of aromatic amines is 1. The Hall–Kier alpha value is -2.54. The van der Waals surface area contributed by atoms with Crippen molar-refractivity contribution in [3.63, 3.8) is 0 Å². The van der Waals surface area contributed by atoms with Gasteiger partial charge in [0.2, 0.25) is 0 Å². The van der Waals surface area contributed by atoms with Crippen molar-refractivity contribution >= 4 is 28.6 Å². The molecule has 160 valence electrons. The van der Waals surface area contributed by atoms with E-state index in [4.69, 9.17) is 21.6 Å². The van der Waals surface area contributed by atoms with E-state index in [-0.39, 0.29) is 11.8 Å². The fourth-order valence-electron chi connectivity index (χ4n) is 5.86. The molecule has 4 saturated carbocycles. The highest BCUT2D eigenvalue weighted by Gasteiger charge is 2.47. The Morgan fingerprint density at radius 3 is 2.61 bits per heavy atom. The van der Waals surface area contributed by atoms with Crippen LogP contribution >= 0.6 is 11.6 Å². The number of nitrogens with one attached hydrogen (secondary N) is 1. The van der Waals surface area contributed by atoms with Gasteiger partial charge in [-0.2, -0.15) is 5.10 Å². The van der Waals surface area contributed by atoms with Gasteiger partial charge in [-0.15, -0.1) is 0 Å². The SMILES string of the molecule is O=C(O)C1C2CCC(CC2)C1Cc1cc(C2CC2)nc(-c2[nH]nc3ncc(Cl)cc23)n1. The van der Waals surface area contributed by atoms with Crippen molar-refractivity contribution in [2.75, 3.05) is 0 Å². The maximum Gasteiger partial charge on any atom is 0.307 e. The predicted octanol–water partition coefficient (Wildman–Crippen LogP) is 4.63. The van der Waals surface area contributed by atoms with E-state index in [2.05, 4.69) is 21.2 Å². The molecule has 4 fully saturated rings. The zero-order chi connectivity index (χ0) is 21.1. The van der Waals surface area contributed by atoms with E-state index in [1.807, 2.05) is 6.07 Å². The number of nitrogens with zero attached hydrogens (tertiary/aromatic N) is 4. The molecule has 7 nitrogen and oxygen atoms in total. The average molecular weight is 438 g/mol. The minimum absolute atomic E-state index is 0.148. The number of carboxylic acid groups (broad SMARTS) is 1. The van der Waals surface area contributed by atoms with Gasteiger partial charge in [0.25, 0.3) is 0 Å². The number of hydrogen-bond acceptors (Lipinski definition) is 5. The number of hydrogen-bond donors (Lipinski definition) is 2. The maximum atomic E-state index is 12.1. The van der Waals surface area contributed by atoms with Crippen molar-refractivity contribution in [3.8, 4) is 11.5 Å². The summed E-state index contributed by atoms with van der Waals surface area (Å²) in [5, 5.41) is 18.6. The van der Waals surface area contributed by atoms with Crippen molar-refractivity contribution in [2.24, 2.45) is 23.7 Å². The van der Waals surface area contributed by atoms with Gasteiger partial charge < -0.3 is 5.11 Å². The highest BCUT2D eigenvalue weighted by Crippen LogP contribution is 2.50. The van der Waals surface area contributed by atoms with Crippen LogP contribution in [0.3, 0.4) is 0 Å². The average Bonchev–Trinajstić information content (AvgIpc) is 3.54. The van der Waals surface area contributed by atoms with E-state index < -0.39 is 5.97 Å². The zero-order valence-corrected chi connectivity index (χ0v) is 17.8. The van der Waals surface area contributed by atoms with E-state index in [0.717, 1.165) is 55.3 Å². The molecule has 2 N–H and O–H groups in total. The third kappa shape index (κ3) is 3.39. The molecule has 3 aromatic rings. The summed E-state index contributed by atoms with van der Waals surface area (Å²) in [6.45, 7) is 0. The molecule has 0 saturated heterocycles. The van der Waals surface area contributed by atoms with Gasteiger partial charge in [0.1, 0.15) is 5.69 Å². The topological polar surface area (TPSA) is 105 Å². The Balaban J connectivity index is 1.40. The van der Waals surface area contributed by atoms with E-state index >= 15 is 0 Å². The Morgan fingerprint density at radius 2 is 1.87 bits per heavy atom. The normalized spacial score (nSPS) is 27.6. The number of aliphatic carboxylic acids is 1. The molecule has 0 aromatic carbocycles. The second kappa shape index (κ2) is 7.26. The van der Waals surface area contributed by atoms with Gasteiger partial charge in [-0.05, 0) is 74.8 Å². The molecule has 0 spiro atoms. The van der Waals surface area contributed by atoms with Crippen LogP contribution in [-0.4, -0.2) is 36.2 Å². The van der Waals surface area contributed by atoms with Crippen molar-refractivity contribution in [2.45, 2.75) is 50.9 Å². The minimum Gasteiger partial charge on any atom is -0.481 e. The summed E-state index contributed by atoms with van der Waals surface area (Å²) in [5.41, 5.74) is 3.28. The molecule has 2 atom stereocenters. The molecular weight excluding hydrogens is 414 g/mol. The molecule has 31 heavy (non-hydrogen) atoms. The van der Waals surface area contributed by atoms with Gasteiger partial charge in [-0.25, -0.2) is 15.0 Å². The summed E-state index contributed by atoms with van der Waals surface area (Å²) >= 11 is 6.17. The van der Waals surface area contributed by atoms with Crippen molar-refractivity contribution in [1.29, 1.82) is 0 Å². The molecule has 3 heterocycles. The second-order valence-corrected chi connectivity index (χ2v) is 9.85. The first kappa shape index (κ1) is 19.2. The third-order valence-corrected chi connectivity index (χ3v) is 7.72. The molecule has 0 aliphatic heterocycles. The lowest BCUT2D eigenvalue weighted by atomic mass is 9.57. The molecule has 7 rings (SSSR count). The van der Waals surface area contributed by atoms with Gasteiger partial charge in [-0.3, -0.25) is 9.89 Å². The number of pyridine rings is 1. The van der Waals surface area contributed by atoms with Crippen molar-refractivity contribution in [3.05, 3.63) is 34.7 Å². The number of rotatable bonds is 5. The lowest BCUT2D eigenvalue weighted by molar-refractivity contribution is -0.152. The number of H-pyrrole nitrogens is 1. The third-order valence-electron chi connectivity index (χ3n) is 7.52. The van der Waals surface area contributed by atoms with Gasteiger partial charge in [0, 0.05) is 23.5 Å². The van der Waals surface area contributed by atoms with Crippen LogP contribution in [0.1, 0.15) is 55.8 Å². The molecule has 2 bridgehead atoms. The number of aromatic nitrogens is 5. The first-order chi connectivity index (χ1) is 15.1. The maximum absolute atomic E-state index is 12.1. The van der Waals surface area contributed by atoms with E-state index in [0.29, 0.717) is 46.4 Å². The molecule has 0 amide bonds. The quantitative estimate of drug-likeness (QED) is 0.603. The van der Waals surface area contributed by atoms with E-state index in [1.165, 1.54) is 0 Å². The largest absolute Gasteiger partial charge is 0.481 e. The fraction of sp³-hybridized carbons (Fsp3) is 0.522. The number of halogens is 1. The smallest absolute Gasteiger partial charge is 0.307 e. The highest BCUT2D eigenvalue weighted by molar-refractivity contribution is 6.31. The monoisotopic (exact) mass is 437 g/mol. The summed E-state index contributed by atoms with van der Waals surface area (Å²) in [4.78, 5) is 26.1. The number of fused-ring (bicyclic) bond motifs is 4.